The number of nitrogens with one attached hydrogen (secondary N) is 2. The van der Waals surface area contributed by atoms with Crippen LogP contribution in [0.4, 0.5) is 4.79 Å². The third-order valence-corrected chi connectivity index (χ3v) is 1.13. The van der Waals surface area contributed by atoms with Crippen LogP contribution in [-0.4, -0.2) is 36.9 Å². The van der Waals surface area contributed by atoms with Crippen molar-refractivity contribution in [2.75, 3.05) is 19.8 Å². The molecule has 2 amide bonds. The van der Waals surface area contributed by atoms with Crippen LogP contribution in [0, 0.1) is 0 Å². The number of hydrogen-bond donors (Lipinski definition) is 3. The smallest absolute Gasteiger partial charge is 0.338 e. The molecule has 0 fully saturated rings. The Morgan fingerprint density at radius 3 is 2.85 bits per heavy atom. The van der Waals surface area contributed by atoms with Crippen LogP contribution in [0.1, 0.15) is 6.92 Å². The number of rotatable bonds is 5. The topological polar surface area (TPSA) is 87.7 Å². The quantitative estimate of drug-likeness (QED) is 0.234. The molecular formula is C7H12N2O4. The van der Waals surface area contributed by atoms with Gasteiger partial charge < -0.3 is 10.1 Å². The Bertz CT molecular complexity index is 211. The van der Waals surface area contributed by atoms with E-state index in [1.807, 2.05) is 0 Å². The van der Waals surface area contributed by atoms with Gasteiger partial charge in [-0.15, -0.1) is 0 Å². The second-order valence-electron chi connectivity index (χ2n) is 2.30. The van der Waals surface area contributed by atoms with E-state index in [-0.39, 0.29) is 19.8 Å². The van der Waals surface area contributed by atoms with Crippen LogP contribution in [0.25, 0.3) is 0 Å². The molecule has 0 heterocycles. The molecule has 0 saturated heterocycles. The molecular weight excluding hydrogens is 176 g/mol. The second-order valence-corrected chi connectivity index (χ2v) is 2.30. The van der Waals surface area contributed by atoms with Gasteiger partial charge in [0.1, 0.15) is 5.94 Å². The summed E-state index contributed by atoms with van der Waals surface area (Å²) in [5, 5.41) is 10.4. The van der Waals surface area contributed by atoms with E-state index in [4.69, 9.17) is 9.94 Å². The van der Waals surface area contributed by atoms with Gasteiger partial charge in [0.25, 0.3) is 0 Å². The first-order chi connectivity index (χ1) is 6.20. The minimum absolute atomic E-state index is 0.200. The number of ether oxygens (including phenoxy) is 1. The lowest BCUT2D eigenvalue weighted by Crippen LogP contribution is -2.35. The number of hydrogen-bond acceptors (Lipinski definition) is 4. The third kappa shape index (κ3) is 7.02. The van der Waals surface area contributed by atoms with E-state index >= 15 is 0 Å². The van der Waals surface area contributed by atoms with Gasteiger partial charge in [-0.2, -0.15) is 0 Å². The van der Waals surface area contributed by atoms with Crippen molar-refractivity contribution < 1.29 is 19.5 Å². The van der Waals surface area contributed by atoms with E-state index in [0.29, 0.717) is 5.57 Å². The van der Waals surface area contributed by atoms with Crippen molar-refractivity contribution in [1.82, 2.24) is 10.8 Å². The molecule has 0 unspecified atom stereocenters. The van der Waals surface area contributed by atoms with Crippen molar-refractivity contribution in [2.45, 2.75) is 6.92 Å². The van der Waals surface area contributed by atoms with Crippen molar-refractivity contribution >= 4 is 12.0 Å². The summed E-state index contributed by atoms with van der Waals surface area (Å²) in [5.74, 6) is 1.68. The number of hydroxylamine groups is 1. The van der Waals surface area contributed by atoms with Crippen LogP contribution < -0.4 is 10.8 Å². The molecule has 74 valence electrons. The fourth-order valence-electron chi connectivity index (χ4n) is 0.531. The highest BCUT2D eigenvalue weighted by molar-refractivity contribution is 5.72. The molecule has 0 spiro atoms. The molecule has 0 aliphatic rings. The Hall–Kier alpha value is -1.36. The van der Waals surface area contributed by atoms with Crippen molar-refractivity contribution in [3.05, 3.63) is 5.57 Å². The zero-order valence-corrected chi connectivity index (χ0v) is 7.29. The summed E-state index contributed by atoms with van der Waals surface area (Å²) in [6.45, 7) is 2.33. The molecule has 3 N–H and O–H groups in total. The first-order valence-electron chi connectivity index (χ1n) is 3.67. The molecule has 6 heteroatoms. The van der Waals surface area contributed by atoms with Gasteiger partial charge in [0.15, 0.2) is 0 Å². The molecule has 0 aromatic carbocycles. The lowest BCUT2D eigenvalue weighted by atomic mass is 10.4. The van der Waals surface area contributed by atoms with Crippen LogP contribution in [0.2, 0.25) is 0 Å². The average Bonchev–Trinajstić information content (AvgIpc) is 2.16. The molecule has 13 heavy (non-hydrogen) atoms. The first kappa shape index (κ1) is 11.6. The SMILES string of the molecule is CC(=C=O)COCCNC(=O)NO. The van der Waals surface area contributed by atoms with Crippen molar-refractivity contribution in [3.8, 4) is 0 Å². The predicted octanol–water partition coefficient (Wildman–Crippen LogP) is -0.531. The van der Waals surface area contributed by atoms with E-state index in [1.165, 1.54) is 5.48 Å². The van der Waals surface area contributed by atoms with Crippen LogP contribution in [0.5, 0.6) is 0 Å². The second kappa shape index (κ2) is 7.30. The van der Waals surface area contributed by atoms with Gasteiger partial charge in [-0.3, -0.25) is 5.21 Å². The fourth-order valence-corrected chi connectivity index (χ4v) is 0.531. The largest absolute Gasteiger partial charge is 0.375 e. The average molecular weight is 188 g/mol. The molecule has 0 aliphatic carbocycles. The van der Waals surface area contributed by atoms with E-state index in [1.54, 1.807) is 12.9 Å². The minimum Gasteiger partial charge on any atom is -0.375 e. The summed E-state index contributed by atoms with van der Waals surface area (Å²) in [6, 6.07) is -0.689. The van der Waals surface area contributed by atoms with Crippen molar-refractivity contribution in [3.63, 3.8) is 0 Å². The molecule has 0 aliphatic heterocycles. The highest BCUT2D eigenvalue weighted by Crippen LogP contribution is 1.85. The summed E-state index contributed by atoms with van der Waals surface area (Å²) in [7, 11) is 0. The number of carbonyl (C=O) groups is 1. The van der Waals surface area contributed by atoms with Crippen LogP contribution in [0.15, 0.2) is 5.57 Å². The number of urea groups is 1. The van der Waals surface area contributed by atoms with Crippen molar-refractivity contribution in [2.24, 2.45) is 0 Å². The minimum atomic E-state index is -0.689. The third-order valence-electron chi connectivity index (χ3n) is 1.13. The molecule has 6 nitrogen and oxygen atoms in total. The van der Waals surface area contributed by atoms with Gasteiger partial charge in [0.2, 0.25) is 0 Å². The van der Waals surface area contributed by atoms with E-state index in [9.17, 15) is 9.59 Å². The van der Waals surface area contributed by atoms with Crippen LogP contribution in [-0.2, 0) is 9.53 Å². The summed E-state index contributed by atoms with van der Waals surface area (Å²) >= 11 is 0. The maximum Gasteiger partial charge on any atom is 0.338 e. The summed E-state index contributed by atoms with van der Waals surface area (Å²) < 4.78 is 4.96. The standard InChI is InChI=1S/C7H12N2O4/c1-6(4-10)5-13-3-2-8-7(11)9-12/h12H,2-3,5H2,1H3,(H2,8,9,11). The zero-order valence-electron chi connectivity index (χ0n) is 7.29. The maximum absolute atomic E-state index is 10.4. The summed E-state index contributed by atoms with van der Waals surface area (Å²) in [6.07, 6.45) is 0. The Labute approximate surface area is 75.5 Å². The Morgan fingerprint density at radius 1 is 1.62 bits per heavy atom. The number of amides is 2. The van der Waals surface area contributed by atoms with E-state index in [0.717, 1.165) is 0 Å². The molecule has 0 aromatic heterocycles. The van der Waals surface area contributed by atoms with Crippen LogP contribution >= 0.6 is 0 Å². The Morgan fingerprint density at radius 2 is 2.31 bits per heavy atom. The molecule has 0 atom stereocenters. The lowest BCUT2D eigenvalue weighted by molar-refractivity contribution is 0.144. The molecule has 0 aromatic rings. The Kier molecular flexibility index (Phi) is 6.53. The van der Waals surface area contributed by atoms with Gasteiger partial charge in [0.05, 0.1) is 13.2 Å². The molecule has 0 rings (SSSR count). The zero-order chi connectivity index (χ0) is 10.1. The monoisotopic (exact) mass is 188 g/mol. The van der Waals surface area contributed by atoms with Gasteiger partial charge >= 0.3 is 6.03 Å². The summed E-state index contributed by atoms with van der Waals surface area (Å²) in [5.41, 5.74) is 1.87. The fraction of sp³-hybridized carbons (Fsp3) is 0.571. The Balaban J connectivity index is 3.27. The summed E-state index contributed by atoms with van der Waals surface area (Å²) in [4.78, 5) is 20.3. The highest BCUT2D eigenvalue weighted by atomic mass is 16.5. The molecule has 0 radical (unpaired) electrons. The van der Waals surface area contributed by atoms with Gasteiger partial charge in [-0.05, 0) is 6.92 Å². The van der Waals surface area contributed by atoms with Gasteiger partial charge in [-0.25, -0.2) is 15.1 Å². The maximum atomic E-state index is 10.4. The predicted molar refractivity (Wildman–Crippen MR) is 44.0 cm³/mol. The van der Waals surface area contributed by atoms with Crippen molar-refractivity contribution in [1.29, 1.82) is 0 Å². The van der Waals surface area contributed by atoms with Gasteiger partial charge in [0, 0.05) is 12.1 Å². The molecule has 0 bridgehead atoms. The van der Waals surface area contributed by atoms with E-state index in [2.05, 4.69) is 5.32 Å². The highest BCUT2D eigenvalue weighted by Gasteiger charge is 1.95. The van der Waals surface area contributed by atoms with Crippen LogP contribution in [0.3, 0.4) is 0 Å². The first-order valence-corrected chi connectivity index (χ1v) is 3.67. The molecule has 0 saturated carbocycles. The number of carbonyl (C=O) groups excluding carboxylic acids is 2. The van der Waals surface area contributed by atoms with E-state index < -0.39 is 6.03 Å². The lowest BCUT2D eigenvalue weighted by Gasteiger charge is -2.03. The van der Waals surface area contributed by atoms with Gasteiger partial charge in [-0.1, -0.05) is 0 Å². The normalized spacial score (nSPS) is 8.77.